The highest BCUT2D eigenvalue weighted by Gasteiger charge is 2.33. The maximum Gasteiger partial charge on any atom is 0.232 e. The van der Waals surface area contributed by atoms with E-state index in [1.807, 2.05) is 30.6 Å². The van der Waals surface area contributed by atoms with Crippen LogP contribution in [0.2, 0.25) is 0 Å². The minimum Gasteiger partial charge on any atom is -0.339 e. The molecule has 2 aliphatic heterocycles. The lowest BCUT2D eigenvalue weighted by Gasteiger charge is -2.13. The molecule has 3 rings (SSSR count). The van der Waals surface area contributed by atoms with Gasteiger partial charge in [-0.15, -0.1) is 0 Å². The topological polar surface area (TPSA) is 51.0 Å². The predicted molar refractivity (Wildman–Crippen MR) is 71.6 cm³/mol. The third-order valence-corrected chi connectivity index (χ3v) is 6.01. The van der Waals surface area contributed by atoms with Crippen LogP contribution >= 0.6 is 23.5 Å². The molecule has 0 spiro atoms. The maximum absolute atomic E-state index is 5.47. The number of rotatable bonds is 3. The van der Waals surface area contributed by atoms with E-state index in [1.54, 1.807) is 0 Å². The van der Waals surface area contributed by atoms with Gasteiger partial charge in [0.05, 0.1) is 11.2 Å². The van der Waals surface area contributed by atoms with Crippen LogP contribution in [0.25, 0.3) is 0 Å². The van der Waals surface area contributed by atoms with Gasteiger partial charge in [0.1, 0.15) is 0 Å². The van der Waals surface area contributed by atoms with E-state index in [4.69, 9.17) is 4.52 Å². The summed E-state index contributed by atoms with van der Waals surface area (Å²) in [5.41, 5.74) is 0. The molecule has 0 bridgehead atoms. The Morgan fingerprint density at radius 2 is 2.35 bits per heavy atom. The molecule has 94 valence electrons. The van der Waals surface area contributed by atoms with E-state index < -0.39 is 0 Å². The molecule has 0 saturated carbocycles. The van der Waals surface area contributed by atoms with Gasteiger partial charge in [0.15, 0.2) is 5.82 Å². The molecule has 17 heavy (non-hydrogen) atoms. The van der Waals surface area contributed by atoms with Crippen molar-refractivity contribution in [3.05, 3.63) is 11.7 Å². The monoisotopic (exact) mass is 271 g/mol. The standard InChI is InChI=1S/C11H17N3OS2/c1-12-8-6-16-5-7(8)11-13-10(14-15-11)9-3-2-4-17-9/h7-9,12H,2-6H2,1H3. The van der Waals surface area contributed by atoms with E-state index in [2.05, 4.69) is 15.5 Å². The van der Waals surface area contributed by atoms with Crippen LogP contribution in [-0.2, 0) is 0 Å². The fourth-order valence-electron chi connectivity index (χ4n) is 2.39. The Labute approximate surface area is 110 Å². The van der Waals surface area contributed by atoms with Crippen molar-refractivity contribution in [2.24, 2.45) is 0 Å². The Morgan fingerprint density at radius 1 is 1.41 bits per heavy atom. The largest absolute Gasteiger partial charge is 0.339 e. The lowest BCUT2D eigenvalue weighted by Crippen LogP contribution is -2.31. The normalized spacial score (nSPS) is 33.4. The van der Waals surface area contributed by atoms with E-state index in [0.717, 1.165) is 23.2 Å². The molecule has 1 N–H and O–H groups in total. The first-order chi connectivity index (χ1) is 8.38. The van der Waals surface area contributed by atoms with Gasteiger partial charge in [0.2, 0.25) is 5.89 Å². The molecular formula is C11H17N3OS2. The fourth-order valence-corrected chi connectivity index (χ4v) is 5.01. The summed E-state index contributed by atoms with van der Waals surface area (Å²) >= 11 is 3.91. The number of hydrogen-bond acceptors (Lipinski definition) is 6. The van der Waals surface area contributed by atoms with Crippen molar-refractivity contribution in [1.29, 1.82) is 0 Å². The van der Waals surface area contributed by atoms with Crippen LogP contribution in [0.3, 0.4) is 0 Å². The molecule has 3 unspecified atom stereocenters. The summed E-state index contributed by atoms with van der Waals surface area (Å²) in [7, 11) is 2.01. The maximum atomic E-state index is 5.47. The summed E-state index contributed by atoms with van der Waals surface area (Å²) in [5, 5.41) is 7.97. The SMILES string of the molecule is CNC1CSCC1c1nc(C2CCCS2)no1. The zero-order valence-electron chi connectivity index (χ0n) is 9.89. The molecule has 6 heteroatoms. The fraction of sp³-hybridized carbons (Fsp3) is 0.818. The van der Waals surface area contributed by atoms with Crippen molar-refractivity contribution >= 4 is 23.5 Å². The van der Waals surface area contributed by atoms with Gasteiger partial charge in [-0.3, -0.25) is 0 Å². The number of thioether (sulfide) groups is 2. The molecule has 1 aromatic rings. The molecule has 2 aliphatic rings. The van der Waals surface area contributed by atoms with E-state index >= 15 is 0 Å². The van der Waals surface area contributed by atoms with Crippen LogP contribution in [0.15, 0.2) is 4.52 Å². The van der Waals surface area contributed by atoms with Crippen molar-refractivity contribution in [1.82, 2.24) is 15.5 Å². The van der Waals surface area contributed by atoms with Gasteiger partial charge in [0.25, 0.3) is 0 Å². The number of nitrogens with one attached hydrogen (secondary N) is 1. The minimum atomic E-state index is 0.387. The Bertz CT molecular complexity index is 379. The second-order valence-corrected chi connectivity index (χ2v) is 6.92. The summed E-state index contributed by atoms with van der Waals surface area (Å²) in [4.78, 5) is 4.62. The molecule has 4 nitrogen and oxygen atoms in total. The lowest BCUT2D eigenvalue weighted by molar-refractivity contribution is 0.340. The summed E-state index contributed by atoms with van der Waals surface area (Å²) in [6.07, 6.45) is 2.47. The molecule has 3 heterocycles. The average Bonchev–Trinajstić information content (AvgIpc) is 3.09. The van der Waals surface area contributed by atoms with Crippen LogP contribution in [0, 0.1) is 0 Å². The van der Waals surface area contributed by atoms with Crippen LogP contribution < -0.4 is 5.32 Å². The van der Waals surface area contributed by atoms with E-state index in [1.165, 1.54) is 18.6 Å². The predicted octanol–water partition coefficient (Wildman–Crippen LogP) is 2.06. The first-order valence-electron chi connectivity index (χ1n) is 6.08. The molecule has 0 radical (unpaired) electrons. The third-order valence-electron chi connectivity index (χ3n) is 3.44. The highest BCUT2D eigenvalue weighted by Crippen LogP contribution is 2.39. The zero-order chi connectivity index (χ0) is 11.7. The zero-order valence-corrected chi connectivity index (χ0v) is 11.5. The third kappa shape index (κ3) is 2.35. The summed E-state index contributed by atoms with van der Waals surface area (Å²) < 4.78 is 5.47. The molecule has 2 fully saturated rings. The molecule has 2 saturated heterocycles. The van der Waals surface area contributed by atoms with Crippen LogP contribution in [0.4, 0.5) is 0 Å². The molecule has 3 atom stereocenters. The van der Waals surface area contributed by atoms with E-state index in [9.17, 15) is 0 Å². The molecule has 1 aromatic heterocycles. The quantitative estimate of drug-likeness (QED) is 0.908. The second kappa shape index (κ2) is 5.20. The number of hydrogen-bond donors (Lipinski definition) is 1. The second-order valence-electron chi connectivity index (χ2n) is 4.53. The summed E-state index contributed by atoms with van der Waals surface area (Å²) in [5.74, 6) is 5.58. The highest BCUT2D eigenvalue weighted by molar-refractivity contribution is 7.99. The van der Waals surface area contributed by atoms with Crippen LogP contribution in [0.1, 0.15) is 35.7 Å². The highest BCUT2D eigenvalue weighted by atomic mass is 32.2. The van der Waals surface area contributed by atoms with E-state index in [0.29, 0.717) is 17.2 Å². The van der Waals surface area contributed by atoms with Gasteiger partial charge in [0, 0.05) is 17.5 Å². The molecular weight excluding hydrogens is 254 g/mol. The van der Waals surface area contributed by atoms with Crippen LogP contribution in [0.5, 0.6) is 0 Å². The molecule has 0 aliphatic carbocycles. The first kappa shape index (κ1) is 11.9. The number of aromatic nitrogens is 2. The van der Waals surface area contributed by atoms with Crippen molar-refractivity contribution in [2.45, 2.75) is 30.1 Å². The summed E-state index contributed by atoms with van der Waals surface area (Å²) in [6, 6.07) is 0.476. The van der Waals surface area contributed by atoms with Gasteiger partial charge < -0.3 is 9.84 Å². The summed E-state index contributed by atoms with van der Waals surface area (Å²) in [6.45, 7) is 0. The number of likely N-dealkylation sites (N-methyl/N-ethyl adjacent to an activating group) is 1. The minimum absolute atomic E-state index is 0.387. The smallest absolute Gasteiger partial charge is 0.232 e. The Hall–Kier alpha value is -0.200. The van der Waals surface area contributed by atoms with Gasteiger partial charge >= 0.3 is 0 Å². The lowest BCUT2D eigenvalue weighted by atomic mass is 10.0. The molecule has 0 aromatic carbocycles. The Balaban J connectivity index is 1.75. The van der Waals surface area contributed by atoms with Crippen molar-refractivity contribution < 1.29 is 4.52 Å². The average molecular weight is 271 g/mol. The number of nitrogens with zero attached hydrogens (tertiary/aromatic N) is 2. The molecule has 0 amide bonds. The van der Waals surface area contributed by atoms with Crippen molar-refractivity contribution in [2.75, 3.05) is 24.3 Å². The van der Waals surface area contributed by atoms with Gasteiger partial charge in [-0.25, -0.2) is 0 Å². The van der Waals surface area contributed by atoms with Crippen LogP contribution in [-0.4, -0.2) is 40.5 Å². The van der Waals surface area contributed by atoms with E-state index in [-0.39, 0.29) is 0 Å². The first-order valence-corrected chi connectivity index (χ1v) is 8.29. The van der Waals surface area contributed by atoms with Gasteiger partial charge in [-0.05, 0) is 25.6 Å². The van der Waals surface area contributed by atoms with Gasteiger partial charge in [-0.2, -0.15) is 28.5 Å². The van der Waals surface area contributed by atoms with Crippen molar-refractivity contribution in [3.63, 3.8) is 0 Å². The Kier molecular flexibility index (Phi) is 3.63. The van der Waals surface area contributed by atoms with Gasteiger partial charge in [-0.1, -0.05) is 5.16 Å². The Morgan fingerprint density at radius 3 is 3.12 bits per heavy atom. The van der Waals surface area contributed by atoms with Crippen molar-refractivity contribution in [3.8, 4) is 0 Å².